The molecule has 0 bridgehead atoms. The first kappa shape index (κ1) is 20.4. The number of likely N-dealkylation sites (tertiary alicyclic amines) is 1. The van der Waals surface area contributed by atoms with Crippen molar-refractivity contribution in [1.82, 2.24) is 10.2 Å². The first-order valence-corrected chi connectivity index (χ1v) is 9.44. The number of carbonyl (C=O) groups is 2. The Morgan fingerprint density at radius 1 is 1.15 bits per heavy atom. The van der Waals surface area contributed by atoms with Gasteiger partial charge in [0.05, 0.1) is 14.2 Å². The van der Waals surface area contributed by atoms with Crippen LogP contribution in [0.1, 0.15) is 31.2 Å². The van der Waals surface area contributed by atoms with Gasteiger partial charge in [0.2, 0.25) is 11.8 Å². The number of nitrogens with zero attached hydrogens (tertiary/aromatic N) is 1. The van der Waals surface area contributed by atoms with Crippen LogP contribution in [0.5, 0.6) is 11.5 Å². The fraction of sp³-hybridized carbons (Fsp3) is 0.579. The second-order valence-corrected chi connectivity index (χ2v) is 6.73. The first-order valence-electron chi connectivity index (χ1n) is 8.91. The van der Waals surface area contributed by atoms with Crippen molar-refractivity contribution in [2.24, 2.45) is 0 Å². The molecule has 0 aliphatic carbocycles. The highest BCUT2D eigenvalue weighted by atomic mass is 35.5. The van der Waals surface area contributed by atoms with Gasteiger partial charge in [-0.1, -0.05) is 6.07 Å². The van der Waals surface area contributed by atoms with Crippen LogP contribution >= 0.6 is 11.6 Å². The van der Waals surface area contributed by atoms with Gasteiger partial charge in [-0.25, -0.2) is 0 Å². The Bertz CT molecular complexity index is 616. The number of piperidine rings is 1. The lowest BCUT2D eigenvalue weighted by Crippen LogP contribution is -2.46. The van der Waals surface area contributed by atoms with E-state index in [2.05, 4.69) is 5.32 Å². The number of halogens is 1. The smallest absolute Gasteiger partial charge is 0.222 e. The summed E-state index contributed by atoms with van der Waals surface area (Å²) in [5, 5.41) is 2.97. The molecule has 144 valence electrons. The van der Waals surface area contributed by atoms with E-state index in [4.69, 9.17) is 21.1 Å². The van der Waals surface area contributed by atoms with Crippen LogP contribution < -0.4 is 14.8 Å². The minimum absolute atomic E-state index is 0.0155. The van der Waals surface area contributed by atoms with Crippen LogP contribution in [0.25, 0.3) is 0 Å². The Hall–Kier alpha value is -1.95. The predicted molar refractivity (Wildman–Crippen MR) is 101 cm³/mol. The van der Waals surface area contributed by atoms with Gasteiger partial charge in [-0.05, 0) is 37.0 Å². The number of carbonyl (C=O) groups excluding carboxylic acids is 2. The van der Waals surface area contributed by atoms with Gasteiger partial charge in [-0.2, -0.15) is 0 Å². The maximum atomic E-state index is 12.4. The molecule has 1 saturated heterocycles. The van der Waals surface area contributed by atoms with Gasteiger partial charge in [-0.3, -0.25) is 9.59 Å². The van der Waals surface area contributed by atoms with Crippen molar-refractivity contribution < 1.29 is 19.1 Å². The topological polar surface area (TPSA) is 67.9 Å². The van der Waals surface area contributed by atoms with Gasteiger partial charge in [0.1, 0.15) is 0 Å². The van der Waals surface area contributed by atoms with Crippen LogP contribution in [0.3, 0.4) is 0 Å². The molecule has 1 fully saturated rings. The zero-order chi connectivity index (χ0) is 18.9. The zero-order valence-corrected chi connectivity index (χ0v) is 16.2. The zero-order valence-electron chi connectivity index (χ0n) is 15.4. The van der Waals surface area contributed by atoms with Crippen LogP contribution in [0, 0.1) is 0 Å². The van der Waals surface area contributed by atoms with Crippen molar-refractivity contribution in [3.8, 4) is 11.5 Å². The second kappa shape index (κ2) is 10.3. The molecule has 1 heterocycles. The summed E-state index contributed by atoms with van der Waals surface area (Å²) in [6, 6.07) is 5.85. The minimum atomic E-state index is -0.0155. The van der Waals surface area contributed by atoms with Crippen molar-refractivity contribution in [1.29, 1.82) is 0 Å². The molecular weight excluding hydrogens is 356 g/mol. The van der Waals surface area contributed by atoms with Crippen molar-refractivity contribution in [3.63, 3.8) is 0 Å². The Labute approximate surface area is 159 Å². The molecule has 1 aliphatic heterocycles. The third-order valence-electron chi connectivity index (χ3n) is 4.61. The van der Waals surface area contributed by atoms with Crippen LogP contribution in [0.2, 0.25) is 0 Å². The molecular formula is C19H27ClN2O4. The normalized spacial score (nSPS) is 14.8. The number of hydrogen-bond acceptors (Lipinski definition) is 4. The summed E-state index contributed by atoms with van der Waals surface area (Å²) in [7, 11) is 3.20. The van der Waals surface area contributed by atoms with Gasteiger partial charge in [0, 0.05) is 37.9 Å². The van der Waals surface area contributed by atoms with E-state index in [0.29, 0.717) is 49.7 Å². The van der Waals surface area contributed by atoms with Crippen molar-refractivity contribution in [2.75, 3.05) is 33.2 Å². The number of aryl methyl sites for hydroxylation is 1. The predicted octanol–water partition coefficient (Wildman–Crippen LogP) is 2.37. The van der Waals surface area contributed by atoms with Gasteiger partial charge in [-0.15, -0.1) is 11.6 Å². The van der Waals surface area contributed by atoms with Gasteiger partial charge < -0.3 is 19.7 Å². The Morgan fingerprint density at radius 2 is 1.85 bits per heavy atom. The lowest BCUT2D eigenvalue weighted by atomic mass is 10.0. The molecule has 26 heavy (non-hydrogen) atoms. The summed E-state index contributed by atoms with van der Waals surface area (Å²) >= 11 is 5.57. The van der Waals surface area contributed by atoms with Crippen LogP contribution in [0.4, 0.5) is 0 Å². The minimum Gasteiger partial charge on any atom is -0.493 e. The summed E-state index contributed by atoms with van der Waals surface area (Å²) in [5.41, 5.74) is 1.04. The molecule has 0 radical (unpaired) electrons. The number of hydrogen-bond donors (Lipinski definition) is 1. The van der Waals surface area contributed by atoms with E-state index in [9.17, 15) is 9.59 Å². The molecule has 0 saturated carbocycles. The average molecular weight is 383 g/mol. The summed E-state index contributed by atoms with van der Waals surface area (Å²) in [6.07, 6.45) is 3.03. The fourth-order valence-electron chi connectivity index (χ4n) is 3.10. The van der Waals surface area contributed by atoms with E-state index < -0.39 is 0 Å². The molecule has 2 rings (SSSR count). The summed E-state index contributed by atoms with van der Waals surface area (Å²) in [5.74, 6) is 1.81. The molecule has 0 unspecified atom stereocenters. The maximum absolute atomic E-state index is 12.4. The summed E-state index contributed by atoms with van der Waals surface area (Å²) in [6.45, 7) is 1.35. The van der Waals surface area contributed by atoms with E-state index >= 15 is 0 Å². The van der Waals surface area contributed by atoms with E-state index in [-0.39, 0.29) is 17.9 Å². The molecule has 1 N–H and O–H groups in total. The molecule has 2 amide bonds. The number of amides is 2. The molecule has 6 nitrogen and oxygen atoms in total. The quantitative estimate of drug-likeness (QED) is 0.701. The van der Waals surface area contributed by atoms with Crippen LogP contribution in [-0.2, 0) is 16.0 Å². The van der Waals surface area contributed by atoms with E-state index in [1.165, 1.54) is 0 Å². The van der Waals surface area contributed by atoms with Gasteiger partial charge in [0.15, 0.2) is 11.5 Å². The number of methoxy groups -OCH3 is 2. The van der Waals surface area contributed by atoms with Gasteiger partial charge >= 0.3 is 0 Å². The van der Waals surface area contributed by atoms with Crippen LogP contribution in [0.15, 0.2) is 18.2 Å². The van der Waals surface area contributed by atoms with Gasteiger partial charge in [0.25, 0.3) is 0 Å². The van der Waals surface area contributed by atoms with Crippen molar-refractivity contribution in [3.05, 3.63) is 23.8 Å². The standard InChI is InChI=1S/C19H27ClN2O4/c1-25-16-5-3-14(13-17(16)26-2)4-6-19(24)22-11-8-15(9-12-22)21-18(23)7-10-20/h3,5,13,15H,4,6-12H2,1-2H3,(H,21,23). The Kier molecular flexibility index (Phi) is 8.04. The average Bonchev–Trinajstić information content (AvgIpc) is 2.66. The number of nitrogens with one attached hydrogen (secondary N) is 1. The highest BCUT2D eigenvalue weighted by Crippen LogP contribution is 2.28. The lowest BCUT2D eigenvalue weighted by molar-refractivity contribution is -0.132. The number of rotatable bonds is 8. The van der Waals surface area contributed by atoms with Crippen molar-refractivity contribution >= 4 is 23.4 Å². The number of benzene rings is 1. The summed E-state index contributed by atoms with van der Waals surface area (Å²) in [4.78, 5) is 25.9. The maximum Gasteiger partial charge on any atom is 0.222 e. The summed E-state index contributed by atoms with van der Waals surface area (Å²) < 4.78 is 10.5. The van der Waals surface area contributed by atoms with E-state index in [0.717, 1.165) is 18.4 Å². The molecule has 1 aliphatic rings. The molecule has 1 aromatic rings. The van der Waals surface area contributed by atoms with Crippen molar-refractivity contribution in [2.45, 2.75) is 38.1 Å². The molecule has 0 atom stereocenters. The first-order chi connectivity index (χ1) is 12.6. The lowest BCUT2D eigenvalue weighted by Gasteiger charge is -2.32. The molecule has 1 aromatic carbocycles. The molecule has 0 aromatic heterocycles. The monoisotopic (exact) mass is 382 g/mol. The largest absolute Gasteiger partial charge is 0.493 e. The van der Waals surface area contributed by atoms with E-state index in [1.807, 2.05) is 23.1 Å². The number of ether oxygens (including phenoxy) is 2. The molecule has 7 heteroatoms. The SMILES string of the molecule is COc1ccc(CCC(=O)N2CCC(NC(=O)CCCl)CC2)cc1OC. The van der Waals surface area contributed by atoms with Crippen LogP contribution in [-0.4, -0.2) is 55.9 Å². The highest BCUT2D eigenvalue weighted by molar-refractivity contribution is 6.18. The Morgan fingerprint density at radius 3 is 2.46 bits per heavy atom. The number of alkyl halides is 1. The second-order valence-electron chi connectivity index (χ2n) is 6.35. The third-order valence-corrected chi connectivity index (χ3v) is 4.80. The Balaban J connectivity index is 1.78. The highest BCUT2D eigenvalue weighted by Gasteiger charge is 2.23. The molecule has 0 spiro atoms. The fourth-order valence-corrected chi connectivity index (χ4v) is 3.28. The third kappa shape index (κ3) is 5.80. The van der Waals surface area contributed by atoms with E-state index in [1.54, 1.807) is 14.2 Å².